The van der Waals surface area contributed by atoms with Gasteiger partial charge < -0.3 is 26.6 Å². The van der Waals surface area contributed by atoms with Crippen molar-refractivity contribution in [3.8, 4) is 0 Å². The van der Waals surface area contributed by atoms with E-state index in [1.54, 1.807) is 0 Å². The summed E-state index contributed by atoms with van der Waals surface area (Å²) in [5, 5.41) is 27.6. The zero-order chi connectivity index (χ0) is 32.1. The monoisotopic (exact) mass is 664 g/mol. The molecule has 9 heteroatoms. The Bertz CT molecular complexity index is 1430. The third-order valence-corrected chi connectivity index (χ3v) is 15.9. The maximum absolute atomic E-state index is 14.2. The summed E-state index contributed by atoms with van der Waals surface area (Å²) < 4.78 is 0. The summed E-state index contributed by atoms with van der Waals surface area (Å²) in [5.41, 5.74) is 11.2. The number of aliphatic imine (C=N–C) groups is 1. The van der Waals surface area contributed by atoms with Crippen molar-refractivity contribution in [3.63, 3.8) is 0 Å². The molecule has 0 radical (unpaired) electrons. The third kappa shape index (κ3) is 5.05. The zero-order valence-electron chi connectivity index (χ0n) is 27.5. The fourth-order valence-corrected chi connectivity index (χ4v) is 14.1. The molecule has 6 aliphatic rings. The number of aliphatic hydroxyl groups excluding tert-OH is 2. The second-order valence-corrected chi connectivity index (χ2v) is 17.7. The minimum absolute atomic E-state index is 0.0320. The maximum Gasteiger partial charge on any atom is 0.189 e. The molecule has 0 saturated heterocycles. The number of rotatable bonds is 7. The summed E-state index contributed by atoms with van der Waals surface area (Å²) in [7, 11) is 5.96. The second-order valence-electron chi connectivity index (χ2n) is 15.2. The fraction of sp³-hybridized carbons (Fsp3) is 0.676. The highest BCUT2D eigenvalue weighted by Gasteiger charge is 2.69. The zero-order valence-corrected chi connectivity index (χ0v) is 29.1. The van der Waals surface area contributed by atoms with Gasteiger partial charge in [0.05, 0.1) is 5.54 Å². The van der Waals surface area contributed by atoms with Crippen LogP contribution >= 0.6 is 21.6 Å². The van der Waals surface area contributed by atoms with Gasteiger partial charge in [-0.1, -0.05) is 70.5 Å². The minimum Gasteiger partial charge on any atom is -0.396 e. The molecule has 2 heterocycles. The van der Waals surface area contributed by atoms with Crippen molar-refractivity contribution in [1.29, 1.82) is 0 Å². The molecule has 4 aliphatic carbocycles. The van der Waals surface area contributed by atoms with Gasteiger partial charge in [-0.15, -0.1) is 0 Å². The maximum atomic E-state index is 14.2. The molecule has 1 aromatic carbocycles. The summed E-state index contributed by atoms with van der Waals surface area (Å²) in [4.78, 5) is 19.0. The number of hydrogen-bond acceptors (Lipinski definition) is 9. The van der Waals surface area contributed by atoms with Crippen molar-refractivity contribution < 1.29 is 15.0 Å². The van der Waals surface area contributed by atoms with Crippen LogP contribution in [0.3, 0.4) is 0 Å². The number of benzene rings is 1. The quantitative estimate of drug-likeness (QED) is 0.200. The first-order valence-electron chi connectivity index (χ1n) is 17.5. The molecule has 6 N–H and O–H groups in total. The summed E-state index contributed by atoms with van der Waals surface area (Å²) in [6.45, 7) is 4.35. The van der Waals surface area contributed by atoms with Crippen molar-refractivity contribution >= 4 is 33.3 Å². The lowest BCUT2D eigenvalue weighted by molar-refractivity contribution is -0.125. The molecule has 46 heavy (non-hydrogen) atoms. The number of nitrogens with zero attached hydrogens (tertiary/aromatic N) is 1. The number of nitrogens with one attached hydrogen (secondary N) is 2. The van der Waals surface area contributed by atoms with Gasteiger partial charge in [0.1, 0.15) is 0 Å². The van der Waals surface area contributed by atoms with Gasteiger partial charge in [0, 0.05) is 67.4 Å². The minimum atomic E-state index is -0.259. The molecular weight excluding hydrogens is 613 g/mol. The number of carbonyl (C=O) groups is 1. The van der Waals surface area contributed by atoms with E-state index >= 15 is 0 Å². The van der Waals surface area contributed by atoms with E-state index in [1.165, 1.54) is 16.7 Å². The van der Waals surface area contributed by atoms with Gasteiger partial charge in [0.2, 0.25) is 0 Å². The average Bonchev–Trinajstić information content (AvgIpc) is 3.38. The molecular formula is C37H52N4O3S2. The van der Waals surface area contributed by atoms with Crippen LogP contribution < -0.4 is 16.4 Å². The van der Waals surface area contributed by atoms with E-state index in [0.717, 1.165) is 68.6 Å². The van der Waals surface area contributed by atoms with Crippen LogP contribution in [0.1, 0.15) is 75.3 Å². The Balaban J connectivity index is 1.28. The number of ketones is 1. The SMILES string of the molecule is CNCc1cccc([C@@H]2C=C[C@H]3CCC4=C5C[C@H]6C[C@H](CO)[C@@H](CCCO)[C@]5(CC4=O)[C@@]6(C)CCSSC[C@]34NC(N)=NC[C@@H]24)c1. The van der Waals surface area contributed by atoms with Crippen LogP contribution in [0.25, 0.3) is 0 Å². The predicted molar refractivity (Wildman–Crippen MR) is 189 cm³/mol. The first kappa shape index (κ1) is 32.8. The summed E-state index contributed by atoms with van der Waals surface area (Å²) in [6, 6.07) is 8.96. The molecule has 0 unspecified atom stereocenters. The number of hydrogen-bond donors (Lipinski definition) is 5. The van der Waals surface area contributed by atoms with Crippen LogP contribution in [0.2, 0.25) is 0 Å². The van der Waals surface area contributed by atoms with Crippen LogP contribution in [-0.4, -0.2) is 65.8 Å². The van der Waals surface area contributed by atoms with Crippen molar-refractivity contribution in [1.82, 2.24) is 10.6 Å². The molecule has 2 spiro atoms. The molecule has 5 bridgehead atoms. The third-order valence-electron chi connectivity index (χ3n) is 13.4. The predicted octanol–water partition coefficient (Wildman–Crippen LogP) is 5.20. The lowest BCUT2D eigenvalue weighted by Gasteiger charge is -2.57. The Morgan fingerprint density at radius 2 is 2.09 bits per heavy atom. The Morgan fingerprint density at radius 3 is 2.89 bits per heavy atom. The number of nitrogens with two attached hydrogens (primary N) is 1. The van der Waals surface area contributed by atoms with Crippen molar-refractivity contribution in [2.45, 2.75) is 76.3 Å². The molecule has 7 rings (SSSR count). The van der Waals surface area contributed by atoms with Crippen LogP contribution in [0.5, 0.6) is 0 Å². The highest BCUT2D eigenvalue weighted by Crippen LogP contribution is 2.75. The molecule has 2 aliphatic heterocycles. The molecule has 2 fully saturated rings. The van der Waals surface area contributed by atoms with Crippen LogP contribution in [0, 0.1) is 40.4 Å². The summed E-state index contributed by atoms with van der Waals surface area (Å²) >= 11 is 0. The topological polar surface area (TPSA) is 120 Å². The first-order valence-corrected chi connectivity index (χ1v) is 20.0. The Morgan fingerprint density at radius 1 is 1.22 bits per heavy atom. The molecule has 7 nitrogen and oxygen atoms in total. The van der Waals surface area contributed by atoms with Gasteiger partial charge in [-0.2, -0.15) is 0 Å². The number of Topliss-reactive ketones (excluding diaryl/α,β-unsaturated/α-hetero) is 1. The largest absolute Gasteiger partial charge is 0.396 e. The normalized spacial score (nSPS) is 40.3. The molecule has 0 amide bonds. The van der Waals surface area contributed by atoms with Gasteiger partial charge in [0.15, 0.2) is 11.7 Å². The van der Waals surface area contributed by atoms with Gasteiger partial charge in [-0.05, 0) is 91.9 Å². The van der Waals surface area contributed by atoms with E-state index in [0.29, 0.717) is 30.6 Å². The van der Waals surface area contributed by atoms with E-state index < -0.39 is 0 Å². The molecule has 250 valence electrons. The summed E-state index contributed by atoms with van der Waals surface area (Å²) in [5.74, 6) is 4.49. The lowest BCUT2D eigenvalue weighted by atomic mass is 9.47. The number of carbonyl (C=O) groups excluding carboxylic acids is 1. The smallest absolute Gasteiger partial charge is 0.189 e. The van der Waals surface area contributed by atoms with Crippen LogP contribution in [0.4, 0.5) is 0 Å². The first-order chi connectivity index (χ1) is 22.3. The standard InChI is InChI=1S/C37H52N4O3S2/c1-35-12-14-45-46-22-37-26(8-10-28(32(37)20-40-34(38)41-37)24-6-3-5-23(15-24)19-39-2)9-11-29-31-17-27(35)16-25(21-43)30(7-4-13-42)36(31,35)18-33(29)44/h3,5-6,8,10,15,25-28,30,32,39,42-43H,4,7,9,11-14,16-22H2,1-2H3,(H3,38,40,41)/t25-,26+,27-,28+,30-,32+,35+,36+,37+/m1/s1. The Kier molecular flexibility index (Phi) is 9.20. The number of allylic oxidation sites excluding steroid dienone is 3. The van der Waals surface area contributed by atoms with Crippen molar-refractivity contribution in [2.75, 3.05) is 38.3 Å². The van der Waals surface area contributed by atoms with Gasteiger partial charge in [0.25, 0.3) is 0 Å². The van der Waals surface area contributed by atoms with Crippen LogP contribution in [-0.2, 0) is 11.3 Å². The van der Waals surface area contributed by atoms with E-state index in [-0.39, 0.29) is 59.2 Å². The van der Waals surface area contributed by atoms with Gasteiger partial charge >= 0.3 is 0 Å². The van der Waals surface area contributed by atoms with E-state index in [1.807, 2.05) is 28.6 Å². The van der Waals surface area contributed by atoms with Gasteiger partial charge in [-0.25, -0.2) is 0 Å². The van der Waals surface area contributed by atoms with E-state index in [2.05, 4.69) is 54.0 Å². The molecule has 0 aromatic heterocycles. The number of aliphatic hydroxyl groups is 2. The molecule has 9 atom stereocenters. The Hall–Kier alpha value is -1.78. The molecule has 2 saturated carbocycles. The van der Waals surface area contributed by atoms with Crippen molar-refractivity contribution in [3.05, 3.63) is 58.7 Å². The fourth-order valence-electron chi connectivity index (χ4n) is 11.3. The number of guanidine groups is 1. The van der Waals surface area contributed by atoms with Crippen LogP contribution in [0.15, 0.2) is 52.6 Å². The summed E-state index contributed by atoms with van der Waals surface area (Å²) in [6.07, 6.45) is 11.9. The van der Waals surface area contributed by atoms with Crippen molar-refractivity contribution in [2.24, 2.45) is 51.1 Å². The second kappa shape index (κ2) is 12.9. The van der Waals surface area contributed by atoms with Gasteiger partial charge in [-0.3, -0.25) is 9.79 Å². The lowest BCUT2D eigenvalue weighted by Crippen LogP contribution is -2.67. The highest BCUT2D eigenvalue weighted by atomic mass is 33.1. The average molecular weight is 665 g/mol. The Labute approximate surface area is 282 Å². The van der Waals surface area contributed by atoms with E-state index in [9.17, 15) is 15.0 Å². The van der Waals surface area contributed by atoms with E-state index in [4.69, 9.17) is 10.7 Å². The highest BCUT2D eigenvalue weighted by molar-refractivity contribution is 8.76. The molecule has 1 aromatic rings.